The largest absolute Gasteiger partial charge is 0.368 e. The zero-order valence-electron chi connectivity index (χ0n) is 13.1. The Balaban J connectivity index is 2.24. The number of halogens is 1. The molecule has 0 spiro atoms. The lowest BCUT2D eigenvalue weighted by Gasteiger charge is -2.17. The fraction of sp³-hybridized carbons (Fsp3) is 0.400. The van der Waals surface area contributed by atoms with Crippen LogP contribution in [0.3, 0.4) is 0 Å². The number of nitrogen functional groups attached to an aromatic ring is 1. The van der Waals surface area contributed by atoms with Gasteiger partial charge in [-0.1, -0.05) is 49.3 Å². The van der Waals surface area contributed by atoms with Crippen molar-refractivity contribution >= 4 is 35.3 Å². The van der Waals surface area contributed by atoms with Crippen molar-refractivity contribution in [3.63, 3.8) is 0 Å². The average molecular weight is 338 g/mol. The molecule has 1 unspecified atom stereocenters. The Kier molecular flexibility index (Phi) is 5.47. The maximum atomic E-state index is 6.24. The molecule has 118 valence electrons. The van der Waals surface area contributed by atoms with Crippen LogP contribution in [0.1, 0.15) is 43.9 Å². The first-order valence-corrected chi connectivity index (χ1v) is 8.62. The summed E-state index contributed by atoms with van der Waals surface area (Å²) >= 11 is 7.67. The molecular formula is C15H20ClN5S. The van der Waals surface area contributed by atoms with E-state index in [4.69, 9.17) is 17.3 Å². The molecule has 0 aliphatic carbocycles. The summed E-state index contributed by atoms with van der Waals surface area (Å²) in [5.74, 6) is 1.06. The maximum Gasteiger partial charge on any atom is 0.228 e. The molecule has 22 heavy (non-hydrogen) atoms. The number of aromatic nitrogens is 3. The molecule has 1 aromatic heterocycles. The molecule has 5 nitrogen and oxygen atoms in total. The lowest BCUT2D eigenvalue weighted by molar-refractivity contribution is 0.818. The van der Waals surface area contributed by atoms with Crippen LogP contribution in [0.5, 0.6) is 0 Å². The summed E-state index contributed by atoms with van der Waals surface area (Å²) in [6.45, 7) is 6.30. The molecule has 0 saturated carbocycles. The average Bonchev–Trinajstić information content (AvgIpc) is 2.46. The summed E-state index contributed by atoms with van der Waals surface area (Å²) in [5, 5.41) is 4.65. The third-order valence-corrected chi connectivity index (χ3v) is 4.19. The van der Waals surface area contributed by atoms with Crippen molar-refractivity contribution in [1.82, 2.24) is 15.0 Å². The van der Waals surface area contributed by atoms with Crippen LogP contribution in [0.2, 0.25) is 5.02 Å². The zero-order valence-corrected chi connectivity index (χ0v) is 14.7. The van der Waals surface area contributed by atoms with Crippen LogP contribution in [0.4, 0.5) is 11.9 Å². The summed E-state index contributed by atoms with van der Waals surface area (Å²) in [6.07, 6.45) is 1.90. The topological polar surface area (TPSA) is 76.7 Å². The van der Waals surface area contributed by atoms with Gasteiger partial charge in [-0.25, -0.2) is 0 Å². The van der Waals surface area contributed by atoms with Gasteiger partial charge in [0.25, 0.3) is 0 Å². The van der Waals surface area contributed by atoms with Crippen molar-refractivity contribution in [3.8, 4) is 0 Å². The van der Waals surface area contributed by atoms with Crippen molar-refractivity contribution in [1.29, 1.82) is 0 Å². The number of hydrogen-bond acceptors (Lipinski definition) is 6. The lowest BCUT2D eigenvalue weighted by atomic mass is 9.98. The van der Waals surface area contributed by atoms with Crippen molar-refractivity contribution in [2.75, 3.05) is 17.3 Å². The normalized spacial score (nSPS) is 12.5. The molecule has 0 amide bonds. The first kappa shape index (κ1) is 16.8. The van der Waals surface area contributed by atoms with Gasteiger partial charge in [-0.3, -0.25) is 0 Å². The highest BCUT2D eigenvalue weighted by Crippen LogP contribution is 2.28. The summed E-state index contributed by atoms with van der Waals surface area (Å²) in [4.78, 5) is 12.5. The lowest BCUT2D eigenvalue weighted by Crippen LogP contribution is -2.12. The maximum absolute atomic E-state index is 6.24. The second kappa shape index (κ2) is 7.15. The van der Waals surface area contributed by atoms with Crippen molar-refractivity contribution in [2.45, 2.75) is 37.9 Å². The molecule has 3 N–H and O–H groups in total. The zero-order chi connectivity index (χ0) is 16.3. The standard InChI is InChI=1S/C15H20ClN5S/c1-8(2)11-7-10(5-6-12(11)16)9(3)18-14-19-13(17)20-15(21-14)22-4/h5-9H,1-4H3,(H3,17,18,19,20,21). The molecule has 0 saturated heterocycles. The Morgan fingerprint density at radius 3 is 2.55 bits per heavy atom. The predicted molar refractivity (Wildman–Crippen MR) is 93.6 cm³/mol. The van der Waals surface area contributed by atoms with Crippen molar-refractivity contribution in [2.24, 2.45) is 0 Å². The van der Waals surface area contributed by atoms with Crippen LogP contribution < -0.4 is 11.1 Å². The van der Waals surface area contributed by atoms with Gasteiger partial charge in [0.2, 0.25) is 11.9 Å². The van der Waals surface area contributed by atoms with Crippen LogP contribution in [0.25, 0.3) is 0 Å². The van der Waals surface area contributed by atoms with E-state index in [2.05, 4.69) is 40.2 Å². The third kappa shape index (κ3) is 4.01. The van der Waals surface area contributed by atoms with Gasteiger partial charge in [0.15, 0.2) is 5.16 Å². The molecule has 2 aromatic rings. The minimum Gasteiger partial charge on any atom is -0.368 e. The van der Waals surface area contributed by atoms with Gasteiger partial charge in [0.1, 0.15) is 0 Å². The van der Waals surface area contributed by atoms with E-state index in [0.29, 0.717) is 17.0 Å². The fourth-order valence-electron chi connectivity index (χ4n) is 2.08. The highest BCUT2D eigenvalue weighted by atomic mass is 35.5. The highest BCUT2D eigenvalue weighted by Gasteiger charge is 2.12. The first-order chi connectivity index (χ1) is 10.4. The quantitative estimate of drug-likeness (QED) is 0.799. The number of nitrogens with zero attached hydrogens (tertiary/aromatic N) is 3. The first-order valence-electron chi connectivity index (χ1n) is 7.02. The Bertz CT molecular complexity index is 662. The number of anilines is 2. The van der Waals surface area contributed by atoms with Gasteiger partial charge in [-0.05, 0) is 36.3 Å². The van der Waals surface area contributed by atoms with E-state index in [1.165, 1.54) is 11.8 Å². The Morgan fingerprint density at radius 2 is 1.91 bits per heavy atom. The summed E-state index contributed by atoms with van der Waals surface area (Å²) in [5.41, 5.74) is 7.96. The predicted octanol–water partition coefficient (Wildman–Crippen LogP) is 4.13. The Morgan fingerprint density at radius 1 is 1.18 bits per heavy atom. The number of thioether (sulfide) groups is 1. The number of benzene rings is 1. The minimum absolute atomic E-state index is 0.0336. The molecule has 0 aliphatic rings. The summed E-state index contributed by atoms with van der Waals surface area (Å²) < 4.78 is 0. The molecule has 0 fully saturated rings. The molecule has 2 rings (SSSR count). The van der Waals surface area contributed by atoms with E-state index in [-0.39, 0.29) is 12.0 Å². The number of nitrogens with one attached hydrogen (secondary N) is 1. The molecule has 1 heterocycles. The Labute approximate surface area is 140 Å². The van der Waals surface area contributed by atoms with Crippen LogP contribution in [0.15, 0.2) is 23.4 Å². The van der Waals surface area contributed by atoms with Gasteiger partial charge in [-0.15, -0.1) is 0 Å². The van der Waals surface area contributed by atoms with E-state index >= 15 is 0 Å². The van der Waals surface area contributed by atoms with Crippen molar-refractivity contribution in [3.05, 3.63) is 34.3 Å². The molecule has 1 atom stereocenters. The SMILES string of the molecule is CSc1nc(N)nc(NC(C)c2ccc(Cl)c(C(C)C)c2)n1. The monoisotopic (exact) mass is 337 g/mol. The van der Waals surface area contributed by atoms with E-state index in [0.717, 1.165) is 16.1 Å². The molecule has 7 heteroatoms. The van der Waals surface area contributed by atoms with E-state index < -0.39 is 0 Å². The van der Waals surface area contributed by atoms with Crippen LogP contribution in [-0.4, -0.2) is 21.2 Å². The minimum atomic E-state index is 0.0336. The number of rotatable bonds is 5. The van der Waals surface area contributed by atoms with Gasteiger partial charge in [-0.2, -0.15) is 15.0 Å². The van der Waals surface area contributed by atoms with Gasteiger partial charge in [0.05, 0.1) is 6.04 Å². The smallest absolute Gasteiger partial charge is 0.228 e. The second-order valence-corrected chi connectivity index (χ2v) is 6.49. The number of hydrogen-bond donors (Lipinski definition) is 2. The van der Waals surface area contributed by atoms with E-state index in [1.807, 2.05) is 25.3 Å². The number of nitrogens with two attached hydrogens (primary N) is 1. The van der Waals surface area contributed by atoms with Gasteiger partial charge >= 0.3 is 0 Å². The third-order valence-electron chi connectivity index (χ3n) is 3.30. The second-order valence-electron chi connectivity index (χ2n) is 5.31. The van der Waals surface area contributed by atoms with E-state index in [9.17, 15) is 0 Å². The van der Waals surface area contributed by atoms with Gasteiger partial charge in [0, 0.05) is 5.02 Å². The molecule has 0 bridgehead atoms. The van der Waals surface area contributed by atoms with E-state index in [1.54, 1.807) is 0 Å². The van der Waals surface area contributed by atoms with Crippen LogP contribution in [0, 0.1) is 0 Å². The summed E-state index contributed by atoms with van der Waals surface area (Å²) in [6, 6.07) is 6.09. The molecular weight excluding hydrogens is 318 g/mol. The molecule has 0 aliphatic heterocycles. The Hall–Kier alpha value is -1.53. The summed E-state index contributed by atoms with van der Waals surface area (Å²) in [7, 11) is 0. The molecule has 1 aromatic carbocycles. The molecule has 0 radical (unpaired) electrons. The fourth-order valence-corrected chi connectivity index (χ4v) is 2.78. The van der Waals surface area contributed by atoms with Crippen molar-refractivity contribution < 1.29 is 0 Å². The van der Waals surface area contributed by atoms with Crippen LogP contribution in [-0.2, 0) is 0 Å². The van der Waals surface area contributed by atoms with Crippen LogP contribution >= 0.6 is 23.4 Å². The van der Waals surface area contributed by atoms with Gasteiger partial charge < -0.3 is 11.1 Å². The highest BCUT2D eigenvalue weighted by molar-refractivity contribution is 7.98.